The lowest BCUT2D eigenvalue weighted by molar-refractivity contribution is -0.182. The molecule has 2 aromatic carbocycles. The van der Waals surface area contributed by atoms with E-state index in [1.165, 1.54) is 0 Å². The van der Waals surface area contributed by atoms with Gasteiger partial charge in [0, 0.05) is 0 Å². The van der Waals surface area contributed by atoms with E-state index in [0.29, 0.717) is 36.4 Å². The second kappa shape index (κ2) is 8.05. The fraction of sp³-hybridized carbons (Fsp3) is 0.158. The molecule has 0 spiro atoms. The lowest BCUT2D eigenvalue weighted by Gasteiger charge is -2.35. The Kier molecular flexibility index (Phi) is 6.05. The van der Waals surface area contributed by atoms with Gasteiger partial charge in [-0.3, -0.25) is 0 Å². The number of benzene rings is 2. The summed E-state index contributed by atoms with van der Waals surface area (Å²) in [5.41, 5.74) is -9.42. The zero-order valence-electron chi connectivity index (χ0n) is 15.1. The van der Waals surface area contributed by atoms with Crippen molar-refractivity contribution in [1.82, 2.24) is 0 Å². The first kappa shape index (κ1) is 23.3. The highest BCUT2D eigenvalue weighted by molar-refractivity contribution is 6.02. The molecular weight excluding hydrogens is 432 g/mol. The van der Waals surface area contributed by atoms with Gasteiger partial charge in [0.05, 0.1) is 22.3 Å². The molecular formula is C19H12F4O8. The number of rotatable bonds is 7. The van der Waals surface area contributed by atoms with Crippen molar-refractivity contribution in [3.8, 4) is 0 Å². The van der Waals surface area contributed by atoms with E-state index in [2.05, 4.69) is 0 Å². The highest BCUT2D eigenvalue weighted by Crippen LogP contribution is 2.47. The maximum absolute atomic E-state index is 14.2. The molecule has 12 heteroatoms. The van der Waals surface area contributed by atoms with Crippen molar-refractivity contribution in [1.29, 1.82) is 0 Å². The summed E-state index contributed by atoms with van der Waals surface area (Å²) >= 11 is 0. The number of carboxylic acids is 4. The van der Waals surface area contributed by atoms with Gasteiger partial charge in [-0.1, -0.05) is 12.1 Å². The summed E-state index contributed by atoms with van der Waals surface area (Å²) in [6.07, 6.45) is -5.46. The first-order valence-corrected chi connectivity index (χ1v) is 8.12. The van der Waals surface area contributed by atoms with Crippen molar-refractivity contribution in [2.24, 2.45) is 0 Å². The molecule has 0 radical (unpaired) electrons. The Bertz CT molecular complexity index is 1020. The topological polar surface area (TPSA) is 149 Å². The highest BCUT2D eigenvalue weighted by Gasteiger charge is 2.58. The molecule has 0 unspecified atom stereocenters. The first-order chi connectivity index (χ1) is 14.3. The molecule has 2 aromatic rings. The molecule has 0 aliphatic rings. The summed E-state index contributed by atoms with van der Waals surface area (Å²) in [6, 6.07) is 2.92. The van der Waals surface area contributed by atoms with Crippen LogP contribution in [0.4, 0.5) is 17.6 Å². The molecule has 0 saturated carbocycles. The molecule has 0 amide bonds. The van der Waals surface area contributed by atoms with Gasteiger partial charge in [0.25, 0.3) is 0 Å². The minimum atomic E-state index is -5.46. The third kappa shape index (κ3) is 3.91. The smallest absolute Gasteiger partial charge is 0.404 e. The van der Waals surface area contributed by atoms with Crippen LogP contribution in [0.25, 0.3) is 0 Å². The molecule has 0 aliphatic carbocycles. The lowest BCUT2D eigenvalue weighted by atomic mass is 9.73. The molecule has 0 atom stereocenters. The summed E-state index contributed by atoms with van der Waals surface area (Å²) in [7, 11) is 0. The average molecular weight is 444 g/mol. The Balaban J connectivity index is 2.94. The van der Waals surface area contributed by atoms with E-state index < -0.39 is 75.5 Å². The van der Waals surface area contributed by atoms with Crippen LogP contribution < -0.4 is 0 Å². The van der Waals surface area contributed by atoms with Crippen molar-refractivity contribution in [3.63, 3.8) is 0 Å². The fourth-order valence-electron chi connectivity index (χ4n) is 3.07. The molecule has 0 aromatic heterocycles. The van der Waals surface area contributed by atoms with Crippen molar-refractivity contribution < 1.29 is 57.2 Å². The quantitative estimate of drug-likeness (QED) is 0.475. The minimum Gasteiger partial charge on any atom is -0.478 e. The third-order valence-corrected chi connectivity index (χ3v) is 4.63. The van der Waals surface area contributed by atoms with Gasteiger partial charge >= 0.3 is 30.1 Å². The van der Waals surface area contributed by atoms with E-state index in [4.69, 9.17) is 10.2 Å². The zero-order chi connectivity index (χ0) is 23.7. The van der Waals surface area contributed by atoms with E-state index in [9.17, 15) is 47.0 Å². The molecule has 0 bridgehead atoms. The largest absolute Gasteiger partial charge is 0.478 e. The van der Waals surface area contributed by atoms with Crippen LogP contribution in [0.1, 0.15) is 52.6 Å². The maximum Gasteiger partial charge on any atom is 0.404 e. The van der Waals surface area contributed by atoms with Crippen molar-refractivity contribution >= 4 is 23.9 Å². The number of carbonyl (C=O) groups is 4. The molecule has 8 nitrogen and oxygen atoms in total. The normalized spacial score (nSPS) is 11.7. The average Bonchev–Trinajstić information content (AvgIpc) is 2.67. The summed E-state index contributed by atoms with van der Waals surface area (Å²) in [6.45, 7) is -2.21. The van der Waals surface area contributed by atoms with Gasteiger partial charge in [-0.15, -0.1) is 0 Å². The summed E-state index contributed by atoms with van der Waals surface area (Å²) in [5, 5.41) is 36.5. The minimum absolute atomic E-state index is 0.338. The van der Waals surface area contributed by atoms with Gasteiger partial charge < -0.3 is 20.4 Å². The Hall–Kier alpha value is -3.96. The van der Waals surface area contributed by atoms with Crippen LogP contribution in [0, 0.1) is 0 Å². The highest BCUT2D eigenvalue weighted by atomic mass is 19.4. The zero-order valence-corrected chi connectivity index (χ0v) is 15.1. The molecule has 0 fully saturated rings. The SMILES string of the molecule is O=C(O)c1ccc(C(CF)(c2ccc(C(=O)O)c(C(=O)O)c2)C(F)(F)F)cc1C(=O)O. The Labute approximate surface area is 170 Å². The molecule has 2 rings (SSSR count). The van der Waals surface area contributed by atoms with Crippen LogP contribution in [-0.4, -0.2) is 57.2 Å². The van der Waals surface area contributed by atoms with Crippen molar-refractivity contribution in [2.75, 3.05) is 6.67 Å². The van der Waals surface area contributed by atoms with Crippen molar-refractivity contribution in [2.45, 2.75) is 11.6 Å². The van der Waals surface area contributed by atoms with Gasteiger partial charge in [-0.05, 0) is 35.4 Å². The second-order valence-corrected chi connectivity index (χ2v) is 6.28. The van der Waals surface area contributed by atoms with Crippen LogP contribution in [0.5, 0.6) is 0 Å². The Morgan fingerprint density at radius 1 is 0.645 bits per heavy atom. The van der Waals surface area contributed by atoms with Crippen molar-refractivity contribution in [3.05, 3.63) is 69.8 Å². The van der Waals surface area contributed by atoms with Gasteiger partial charge in [0.2, 0.25) is 0 Å². The summed E-state index contributed by atoms with van der Waals surface area (Å²) < 4.78 is 56.6. The Morgan fingerprint density at radius 2 is 0.968 bits per heavy atom. The maximum atomic E-state index is 14.2. The number of halogens is 4. The van der Waals surface area contributed by atoms with Crippen LogP contribution in [0.3, 0.4) is 0 Å². The van der Waals surface area contributed by atoms with Crippen LogP contribution >= 0.6 is 0 Å². The van der Waals surface area contributed by atoms with E-state index in [1.54, 1.807) is 0 Å². The molecule has 164 valence electrons. The monoisotopic (exact) mass is 444 g/mol. The number of hydrogen-bond acceptors (Lipinski definition) is 4. The molecule has 0 aliphatic heterocycles. The first-order valence-electron chi connectivity index (χ1n) is 8.12. The number of carboxylic acid groups (broad SMARTS) is 4. The van der Waals surface area contributed by atoms with Crippen LogP contribution in [0.15, 0.2) is 36.4 Å². The lowest BCUT2D eigenvalue weighted by Crippen LogP contribution is -2.46. The van der Waals surface area contributed by atoms with E-state index in [0.717, 1.165) is 0 Å². The standard InChI is InChI=1S/C19H12F4O8/c20-7-18(19(21,22)23,8-1-3-10(14(24)25)12(5-8)16(28)29)9-2-4-11(15(26)27)13(6-9)17(30)31/h1-6H,7H2,(H,24,25)(H,26,27)(H,28,29)(H,30,31). The van der Waals surface area contributed by atoms with E-state index in [-0.39, 0.29) is 0 Å². The number of hydrogen-bond donors (Lipinski definition) is 4. The van der Waals surface area contributed by atoms with Gasteiger partial charge in [0.15, 0.2) is 0 Å². The predicted octanol–water partition coefficient (Wildman–Crippen LogP) is 3.30. The van der Waals surface area contributed by atoms with Crippen LogP contribution in [0.2, 0.25) is 0 Å². The second-order valence-electron chi connectivity index (χ2n) is 6.28. The molecule has 0 heterocycles. The molecule has 0 saturated heterocycles. The summed E-state index contributed by atoms with van der Waals surface area (Å²) in [4.78, 5) is 45.1. The van der Waals surface area contributed by atoms with Crippen LogP contribution in [-0.2, 0) is 5.41 Å². The van der Waals surface area contributed by atoms with Gasteiger partial charge in [-0.2, -0.15) is 13.2 Å². The van der Waals surface area contributed by atoms with Gasteiger partial charge in [-0.25, -0.2) is 23.6 Å². The van der Waals surface area contributed by atoms with E-state index in [1.807, 2.05) is 0 Å². The van der Waals surface area contributed by atoms with E-state index >= 15 is 0 Å². The Morgan fingerprint density at radius 3 is 1.19 bits per heavy atom. The molecule has 31 heavy (non-hydrogen) atoms. The van der Waals surface area contributed by atoms with Gasteiger partial charge in [0.1, 0.15) is 12.1 Å². The molecule has 4 N–H and O–H groups in total. The third-order valence-electron chi connectivity index (χ3n) is 4.63. The number of alkyl halides is 4. The predicted molar refractivity (Wildman–Crippen MR) is 93.5 cm³/mol. The number of aromatic carboxylic acids is 4. The summed E-state index contributed by atoms with van der Waals surface area (Å²) in [5.74, 6) is -7.27. The fourth-order valence-corrected chi connectivity index (χ4v) is 3.07.